The minimum absolute atomic E-state index is 0.265. The van der Waals surface area contributed by atoms with Crippen molar-refractivity contribution in [3.63, 3.8) is 0 Å². The topological polar surface area (TPSA) is 38.0 Å². The minimum Gasteiger partial charge on any atom is -0.392 e. The lowest BCUT2D eigenvalue weighted by Gasteiger charge is -2.30. The van der Waals surface area contributed by atoms with E-state index in [-0.39, 0.29) is 5.82 Å². The maximum Gasteiger partial charge on any atom is 0.123 e. The summed E-state index contributed by atoms with van der Waals surface area (Å²) >= 11 is 0. The SMILES string of the molecule is Cn1ccc(CC(O)C(C)(C)c2ccc(F)cc2)n1. The maximum atomic E-state index is 13.0. The second kappa shape index (κ2) is 5.13. The molecule has 0 saturated heterocycles. The third-order valence-electron chi connectivity index (χ3n) is 3.59. The standard InChI is InChI=1S/C15H19FN2O/c1-15(2,11-4-6-12(16)7-5-11)14(19)10-13-8-9-18(3)17-13/h4-9,14,19H,10H2,1-3H3. The molecule has 1 aromatic carbocycles. The van der Waals surface area contributed by atoms with Crippen LogP contribution < -0.4 is 0 Å². The molecular formula is C15H19FN2O. The normalized spacial score (nSPS) is 13.5. The Labute approximate surface area is 112 Å². The van der Waals surface area contributed by atoms with Crippen LogP contribution in [0.15, 0.2) is 36.5 Å². The third-order valence-corrected chi connectivity index (χ3v) is 3.59. The van der Waals surface area contributed by atoms with Crippen LogP contribution in [0.1, 0.15) is 25.1 Å². The Hall–Kier alpha value is -1.68. The van der Waals surface area contributed by atoms with E-state index >= 15 is 0 Å². The molecule has 1 N–H and O–H groups in total. The van der Waals surface area contributed by atoms with Crippen LogP contribution >= 0.6 is 0 Å². The number of hydrogen-bond donors (Lipinski definition) is 1. The van der Waals surface area contributed by atoms with Gasteiger partial charge in [-0.3, -0.25) is 4.68 Å². The van der Waals surface area contributed by atoms with Crippen LogP contribution in [0.3, 0.4) is 0 Å². The summed E-state index contributed by atoms with van der Waals surface area (Å²) in [6.07, 6.45) is 1.76. The first-order valence-corrected chi connectivity index (χ1v) is 6.32. The van der Waals surface area contributed by atoms with Crippen LogP contribution in [0.4, 0.5) is 4.39 Å². The molecule has 4 heteroatoms. The molecule has 1 unspecified atom stereocenters. The molecule has 0 aliphatic carbocycles. The average Bonchev–Trinajstić information content (AvgIpc) is 2.75. The molecule has 0 spiro atoms. The van der Waals surface area contributed by atoms with Gasteiger partial charge >= 0.3 is 0 Å². The first-order valence-electron chi connectivity index (χ1n) is 6.32. The summed E-state index contributed by atoms with van der Waals surface area (Å²) in [6.45, 7) is 3.90. The van der Waals surface area contributed by atoms with Crippen LogP contribution in [-0.2, 0) is 18.9 Å². The fourth-order valence-electron chi connectivity index (χ4n) is 2.10. The Morgan fingerprint density at radius 3 is 2.42 bits per heavy atom. The van der Waals surface area contributed by atoms with Gasteiger partial charge in [0, 0.05) is 25.1 Å². The molecule has 0 aliphatic rings. The van der Waals surface area contributed by atoms with Crippen molar-refractivity contribution in [3.05, 3.63) is 53.6 Å². The smallest absolute Gasteiger partial charge is 0.123 e. The van der Waals surface area contributed by atoms with Crippen LogP contribution in [0.5, 0.6) is 0 Å². The summed E-state index contributed by atoms with van der Waals surface area (Å²) in [7, 11) is 1.85. The predicted molar refractivity (Wildman–Crippen MR) is 72.3 cm³/mol. The van der Waals surface area contributed by atoms with Crippen molar-refractivity contribution < 1.29 is 9.50 Å². The van der Waals surface area contributed by atoms with E-state index in [0.29, 0.717) is 6.42 Å². The fourth-order valence-corrected chi connectivity index (χ4v) is 2.10. The zero-order valence-corrected chi connectivity index (χ0v) is 11.5. The van der Waals surface area contributed by atoms with E-state index < -0.39 is 11.5 Å². The lowest BCUT2D eigenvalue weighted by Crippen LogP contribution is -2.35. The van der Waals surface area contributed by atoms with Gasteiger partial charge in [-0.05, 0) is 23.8 Å². The highest BCUT2D eigenvalue weighted by Crippen LogP contribution is 2.29. The van der Waals surface area contributed by atoms with Crippen molar-refractivity contribution in [1.29, 1.82) is 0 Å². The summed E-state index contributed by atoms with van der Waals surface area (Å²) in [5.74, 6) is -0.265. The summed E-state index contributed by atoms with van der Waals surface area (Å²) < 4.78 is 14.7. The van der Waals surface area contributed by atoms with Gasteiger partial charge in [-0.25, -0.2) is 4.39 Å². The monoisotopic (exact) mass is 262 g/mol. The van der Waals surface area contributed by atoms with Gasteiger partial charge in [0.15, 0.2) is 0 Å². The zero-order valence-electron chi connectivity index (χ0n) is 11.5. The second-order valence-electron chi connectivity index (χ2n) is 5.43. The number of aliphatic hydroxyl groups is 1. The van der Waals surface area contributed by atoms with E-state index in [2.05, 4.69) is 5.10 Å². The Balaban J connectivity index is 2.16. The van der Waals surface area contributed by atoms with Crippen molar-refractivity contribution in [2.45, 2.75) is 31.8 Å². The number of halogens is 1. The first kappa shape index (κ1) is 13.7. The molecule has 0 fully saturated rings. The van der Waals surface area contributed by atoms with Gasteiger partial charge in [0.2, 0.25) is 0 Å². The number of hydrogen-bond acceptors (Lipinski definition) is 2. The van der Waals surface area contributed by atoms with E-state index in [0.717, 1.165) is 11.3 Å². The Kier molecular flexibility index (Phi) is 3.71. The van der Waals surface area contributed by atoms with Gasteiger partial charge in [0.25, 0.3) is 0 Å². The van der Waals surface area contributed by atoms with Crippen LogP contribution in [0, 0.1) is 5.82 Å². The molecule has 1 atom stereocenters. The van der Waals surface area contributed by atoms with Gasteiger partial charge in [-0.15, -0.1) is 0 Å². The summed E-state index contributed by atoms with van der Waals surface area (Å²) in [5.41, 5.74) is 1.31. The quantitative estimate of drug-likeness (QED) is 0.919. The molecular weight excluding hydrogens is 243 g/mol. The van der Waals surface area contributed by atoms with Gasteiger partial charge in [0.1, 0.15) is 5.82 Å². The Morgan fingerprint density at radius 1 is 1.26 bits per heavy atom. The van der Waals surface area contributed by atoms with Crippen LogP contribution in [0.25, 0.3) is 0 Å². The Bertz CT molecular complexity index is 546. The highest BCUT2D eigenvalue weighted by atomic mass is 19.1. The van der Waals surface area contributed by atoms with Gasteiger partial charge in [0.05, 0.1) is 11.8 Å². The molecule has 0 radical (unpaired) electrons. The van der Waals surface area contributed by atoms with E-state index in [1.807, 2.05) is 33.2 Å². The minimum atomic E-state index is -0.576. The number of aliphatic hydroxyl groups excluding tert-OH is 1. The molecule has 2 aromatic rings. The van der Waals surface area contributed by atoms with Crippen LogP contribution in [0.2, 0.25) is 0 Å². The average molecular weight is 262 g/mol. The van der Waals surface area contributed by atoms with Crippen molar-refractivity contribution in [2.75, 3.05) is 0 Å². The number of aromatic nitrogens is 2. The highest BCUT2D eigenvalue weighted by Gasteiger charge is 2.30. The van der Waals surface area contributed by atoms with Crippen molar-refractivity contribution in [3.8, 4) is 0 Å². The molecule has 0 aliphatic heterocycles. The number of nitrogens with zero attached hydrogens (tertiary/aromatic N) is 2. The van der Waals surface area contributed by atoms with E-state index in [1.54, 1.807) is 16.8 Å². The molecule has 102 valence electrons. The molecule has 3 nitrogen and oxygen atoms in total. The van der Waals surface area contributed by atoms with E-state index in [9.17, 15) is 9.50 Å². The fraction of sp³-hybridized carbons (Fsp3) is 0.400. The van der Waals surface area contributed by atoms with Gasteiger partial charge < -0.3 is 5.11 Å². The third kappa shape index (κ3) is 3.01. The Morgan fingerprint density at radius 2 is 1.89 bits per heavy atom. The number of benzene rings is 1. The molecule has 1 aromatic heterocycles. The summed E-state index contributed by atoms with van der Waals surface area (Å²) in [4.78, 5) is 0. The van der Waals surface area contributed by atoms with Crippen molar-refractivity contribution in [2.24, 2.45) is 7.05 Å². The lowest BCUT2D eigenvalue weighted by atomic mass is 9.78. The molecule has 0 amide bonds. The molecule has 19 heavy (non-hydrogen) atoms. The number of aryl methyl sites for hydroxylation is 1. The van der Waals surface area contributed by atoms with E-state index in [1.165, 1.54) is 12.1 Å². The van der Waals surface area contributed by atoms with E-state index in [4.69, 9.17) is 0 Å². The largest absolute Gasteiger partial charge is 0.392 e. The molecule has 0 bridgehead atoms. The van der Waals surface area contributed by atoms with Gasteiger partial charge in [-0.2, -0.15) is 5.10 Å². The zero-order chi connectivity index (χ0) is 14.0. The molecule has 0 saturated carbocycles. The molecule has 2 rings (SSSR count). The van der Waals surface area contributed by atoms with Crippen LogP contribution in [-0.4, -0.2) is 21.0 Å². The summed E-state index contributed by atoms with van der Waals surface area (Å²) in [5, 5.41) is 14.7. The predicted octanol–water partition coefficient (Wildman–Crippen LogP) is 2.44. The second-order valence-corrected chi connectivity index (χ2v) is 5.43. The first-order chi connectivity index (χ1) is 8.89. The van der Waals surface area contributed by atoms with Crippen molar-refractivity contribution >= 4 is 0 Å². The summed E-state index contributed by atoms with van der Waals surface area (Å²) in [6, 6.07) is 8.17. The number of rotatable bonds is 4. The van der Waals surface area contributed by atoms with Crippen molar-refractivity contribution in [1.82, 2.24) is 9.78 Å². The molecule has 1 heterocycles. The maximum absolute atomic E-state index is 13.0. The van der Waals surface area contributed by atoms with Gasteiger partial charge in [-0.1, -0.05) is 26.0 Å². The highest BCUT2D eigenvalue weighted by molar-refractivity contribution is 5.26. The lowest BCUT2D eigenvalue weighted by molar-refractivity contribution is 0.0989.